The molecular weight excluding hydrogens is 252 g/mol. The Morgan fingerprint density at radius 1 is 1.42 bits per heavy atom. The average Bonchev–Trinajstić information content (AvgIpc) is 2.39. The number of nitro groups is 1. The van der Waals surface area contributed by atoms with Crippen LogP contribution in [0.4, 0.5) is 11.5 Å². The number of nitrogens with zero attached hydrogens (tertiary/aromatic N) is 3. The number of carboxylic acid groups (broad SMARTS) is 1. The maximum Gasteiger partial charge on any atom is 0.364 e. The summed E-state index contributed by atoms with van der Waals surface area (Å²) in [6, 6.07) is 0.967. The van der Waals surface area contributed by atoms with E-state index in [1.807, 2.05) is 5.01 Å². The van der Waals surface area contributed by atoms with E-state index >= 15 is 0 Å². The number of carboxylic acids is 1. The van der Waals surface area contributed by atoms with Crippen LogP contribution < -0.4 is 5.43 Å². The Morgan fingerprint density at radius 3 is 2.68 bits per heavy atom. The molecule has 1 aromatic heterocycles. The average molecular weight is 266 g/mol. The van der Waals surface area contributed by atoms with Crippen molar-refractivity contribution in [2.75, 3.05) is 18.5 Å². The molecule has 2 rings (SSSR count). The van der Waals surface area contributed by atoms with Crippen molar-refractivity contribution in [3.8, 4) is 0 Å². The second-order valence-electron chi connectivity index (χ2n) is 4.31. The Kier molecular flexibility index (Phi) is 3.91. The highest BCUT2D eigenvalue weighted by Gasteiger charge is 2.20. The van der Waals surface area contributed by atoms with Gasteiger partial charge in [0.25, 0.3) is 0 Å². The van der Waals surface area contributed by atoms with Gasteiger partial charge in [-0.15, -0.1) is 0 Å². The van der Waals surface area contributed by atoms with Gasteiger partial charge in [-0.3, -0.25) is 0 Å². The molecule has 0 radical (unpaired) electrons. The van der Waals surface area contributed by atoms with Crippen molar-refractivity contribution in [3.05, 3.63) is 27.9 Å². The molecule has 8 nitrogen and oxygen atoms in total. The third-order valence-corrected chi connectivity index (χ3v) is 2.94. The smallest absolute Gasteiger partial charge is 0.364 e. The predicted octanol–water partition coefficient (Wildman–Crippen LogP) is 1.50. The molecule has 19 heavy (non-hydrogen) atoms. The molecule has 2 heterocycles. The number of aromatic nitrogens is 1. The molecule has 1 saturated heterocycles. The first-order valence-electron chi connectivity index (χ1n) is 5.97. The molecule has 0 aromatic carbocycles. The normalized spacial score (nSPS) is 16.0. The van der Waals surface area contributed by atoms with E-state index in [9.17, 15) is 14.9 Å². The minimum Gasteiger partial charge on any atom is -0.478 e. The van der Waals surface area contributed by atoms with Gasteiger partial charge in [-0.05, 0) is 22.7 Å². The first kappa shape index (κ1) is 13.2. The molecule has 0 saturated carbocycles. The number of pyridine rings is 1. The second-order valence-corrected chi connectivity index (χ2v) is 4.31. The van der Waals surface area contributed by atoms with Crippen molar-refractivity contribution >= 4 is 17.5 Å². The van der Waals surface area contributed by atoms with E-state index in [-0.39, 0.29) is 11.3 Å². The molecule has 0 spiro atoms. The Labute approximate surface area is 109 Å². The van der Waals surface area contributed by atoms with Gasteiger partial charge in [0.2, 0.25) is 0 Å². The van der Waals surface area contributed by atoms with Crippen molar-refractivity contribution in [1.82, 2.24) is 9.99 Å². The van der Waals surface area contributed by atoms with Crippen LogP contribution >= 0.6 is 0 Å². The Morgan fingerprint density at radius 2 is 2.11 bits per heavy atom. The summed E-state index contributed by atoms with van der Waals surface area (Å²) in [5.74, 6) is -1.69. The fourth-order valence-electron chi connectivity index (χ4n) is 1.99. The van der Waals surface area contributed by atoms with Crippen LogP contribution in [0.2, 0.25) is 0 Å². The number of hydrogen-bond acceptors (Lipinski definition) is 6. The maximum atomic E-state index is 11.1. The fraction of sp³-hybridized carbons (Fsp3) is 0.455. The molecule has 1 fully saturated rings. The molecule has 8 heteroatoms. The van der Waals surface area contributed by atoms with E-state index in [0.29, 0.717) is 0 Å². The Bertz CT molecular complexity index is 499. The lowest BCUT2D eigenvalue weighted by Crippen LogP contribution is -2.35. The molecular formula is C11H14N4O4. The van der Waals surface area contributed by atoms with Crippen molar-refractivity contribution in [2.24, 2.45) is 0 Å². The van der Waals surface area contributed by atoms with Gasteiger partial charge in [0, 0.05) is 13.1 Å². The Hall–Kier alpha value is -2.22. The molecule has 2 N–H and O–H groups in total. The zero-order valence-electron chi connectivity index (χ0n) is 10.2. The first-order chi connectivity index (χ1) is 9.08. The van der Waals surface area contributed by atoms with Gasteiger partial charge in [-0.1, -0.05) is 6.42 Å². The molecule has 0 bridgehead atoms. The van der Waals surface area contributed by atoms with Crippen LogP contribution in [0.5, 0.6) is 0 Å². The minimum absolute atomic E-state index is 0.146. The first-order valence-corrected chi connectivity index (χ1v) is 5.97. The summed E-state index contributed by atoms with van der Waals surface area (Å²) >= 11 is 0. The highest BCUT2D eigenvalue weighted by molar-refractivity contribution is 5.94. The van der Waals surface area contributed by atoms with Gasteiger partial charge in [-0.25, -0.2) is 9.80 Å². The van der Waals surface area contributed by atoms with Gasteiger partial charge in [0.15, 0.2) is 6.20 Å². The number of hydrogen-bond donors (Lipinski definition) is 2. The van der Waals surface area contributed by atoms with E-state index in [0.717, 1.165) is 38.4 Å². The summed E-state index contributed by atoms with van der Waals surface area (Å²) in [6.45, 7) is 1.63. The molecule has 0 aliphatic carbocycles. The van der Waals surface area contributed by atoms with Crippen LogP contribution in [-0.2, 0) is 0 Å². The fourth-order valence-corrected chi connectivity index (χ4v) is 1.99. The lowest BCUT2D eigenvalue weighted by atomic mass is 10.1. The molecule has 0 unspecified atom stereocenters. The monoisotopic (exact) mass is 266 g/mol. The number of rotatable bonds is 4. The minimum atomic E-state index is -1.22. The quantitative estimate of drug-likeness (QED) is 0.627. The van der Waals surface area contributed by atoms with Crippen LogP contribution in [-0.4, -0.2) is 39.1 Å². The summed E-state index contributed by atoms with van der Waals surface area (Å²) in [4.78, 5) is 24.6. The highest BCUT2D eigenvalue weighted by Crippen LogP contribution is 2.21. The highest BCUT2D eigenvalue weighted by atomic mass is 16.6. The van der Waals surface area contributed by atoms with Crippen LogP contribution in [0.3, 0.4) is 0 Å². The predicted molar refractivity (Wildman–Crippen MR) is 66.9 cm³/mol. The summed E-state index contributed by atoms with van der Waals surface area (Å²) in [5.41, 5.74) is 3.10. The Balaban J connectivity index is 2.23. The number of piperidine rings is 1. The van der Waals surface area contributed by atoms with Crippen molar-refractivity contribution < 1.29 is 14.8 Å². The van der Waals surface area contributed by atoms with Crippen LogP contribution in [0.15, 0.2) is 12.3 Å². The van der Waals surface area contributed by atoms with Crippen molar-refractivity contribution in [2.45, 2.75) is 19.3 Å². The lowest BCUT2D eigenvalue weighted by Gasteiger charge is -2.27. The number of aromatic carboxylic acids is 1. The van der Waals surface area contributed by atoms with E-state index in [2.05, 4.69) is 10.4 Å². The van der Waals surface area contributed by atoms with E-state index in [1.54, 1.807) is 0 Å². The summed E-state index contributed by atoms with van der Waals surface area (Å²) in [5, 5.41) is 21.6. The summed E-state index contributed by atoms with van der Waals surface area (Å²) in [6.07, 6.45) is 4.42. The third-order valence-electron chi connectivity index (χ3n) is 2.94. The molecule has 0 atom stereocenters. The van der Waals surface area contributed by atoms with Crippen molar-refractivity contribution in [1.29, 1.82) is 0 Å². The summed E-state index contributed by atoms with van der Waals surface area (Å²) in [7, 11) is 0. The van der Waals surface area contributed by atoms with Crippen LogP contribution in [0.25, 0.3) is 0 Å². The SMILES string of the molecule is O=C(O)c1cc([N+](=O)[O-])ncc1NN1CCCCC1. The van der Waals surface area contributed by atoms with Gasteiger partial charge >= 0.3 is 11.8 Å². The van der Waals surface area contributed by atoms with Crippen LogP contribution in [0.1, 0.15) is 29.6 Å². The zero-order chi connectivity index (χ0) is 13.8. The van der Waals surface area contributed by atoms with Gasteiger partial charge in [-0.2, -0.15) is 0 Å². The third kappa shape index (κ3) is 3.16. The van der Waals surface area contributed by atoms with E-state index in [1.165, 1.54) is 6.20 Å². The van der Waals surface area contributed by atoms with Gasteiger partial charge in [0.05, 0.1) is 11.6 Å². The number of hydrazine groups is 1. The maximum absolute atomic E-state index is 11.1. The molecule has 1 aliphatic rings. The zero-order valence-corrected chi connectivity index (χ0v) is 10.2. The molecule has 102 valence electrons. The van der Waals surface area contributed by atoms with E-state index < -0.39 is 16.7 Å². The largest absolute Gasteiger partial charge is 0.478 e. The van der Waals surface area contributed by atoms with Crippen LogP contribution in [0, 0.1) is 10.1 Å². The molecule has 1 aromatic rings. The van der Waals surface area contributed by atoms with Crippen molar-refractivity contribution in [3.63, 3.8) is 0 Å². The number of nitrogens with one attached hydrogen (secondary N) is 1. The standard InChI is InChI=1S/C11H14N4O4/c16-11(17)8-6-10(15(18)19)12-7-9(8)13-14-4-2-1-3-5-14/h6-7,13H,1-5H2,(H,16,17). The van der Waals surface area contributed by atoms with E-state index in [4.69, 9.17) is 5.11 Å². The topological polar surface area (TPSA) is 109 Å². The lowest BCUT2D eigenvalue weighted by molar-refractivity contribution is -0.389. The number of anilines is 1. The number of carbonyl (C=O) groups is 1. The summed E-state index contributed by atoms with van der Waals surface area (Å²) < 4.78 is 0. The van der Waals surface area contributed by atoms with Gasteiger partial charge in [0.1, 0.15) is 5.69 Å². The van der Waals surface area contributed by atoms with Gasteiger partial charge < -0.3 is 20.6 Å². The molecule has 0 amide bonds. The molecule has 1 aliphatic heterocycles. The second kappa shape index (κ2) is 5.61.